The number of pyridine rings is 2. The summed E-state index contributed by atoms with van der Waals surface area (Å²) in [7, 11) is 0. The minimum absolute atomic E-state index is 0. The Morgan fingerprint density at radius 3 is 1.43 bits per heavy atom. The van der Waals surface area contributed by atoms with Crippen LogP contribution in [0.4, 0.5) is 17.3 Å². The van der Waals surface area contributed by atoms with Crippen molar-refractivity contribution in [2.24, 2.45) is 0 Å². The van der Waals surface area contributed by atoms with E-state index in [9.17, 15) is 0 Å². The van der Waals surface area contributed by atoms with Crippen molar-refractivity contribution in [2.75, 3.05) is 4.90 Å². The molecule has 2 aromatic heterocycles. The Morgan fingerprint density at radius 1 is 0.550 bits per heavy atom. The third kappa shape index (κ3) is 6.59. The molecule has 5 aromatic rings. The molecule has 0 atom stereocenters. The molecule has 40 heavy (non-hydrogen) atoms. The van der Waals surface area contributed by atoms with E-state index in [1.807, 2.05) is 54.6 Å². The Kier molecular flexibility index (Phi) is 8.76. The summed E-state index contributed by atoms with van der Waals surface area (Å²) in [5, 5.41) is 0. The van der Waals surface area contributed by atoms with Gasteiger partial charge in [0.05, 0.1) is 0 Å². The molecule has 0 spiro atoms. The fraction of sp³-hybridized carbons (Fsp3) is 0.222. The van der Waals surface area contributed by atoms with E-state index >= 15 is 0 Å². The van der Waals surface area contributed by atoms with Gasteiger partial charge in [-0.15, -0.1) is 70.8 Å². The second kappa shape index (κ2) is 11.9. The van der Waals surface area contributed by atoms with Gasteiger partial charge in [-0.2, -0.15) is 0 Å². The third-order valence-corrected chi connectivity index (χ3v) is 6.83. The van der Waals surface area contributed by atoms with Crippen molar-refractivity contribution in [1.82, 2.24) is 9.97 Å². The van der Waals surface area contributed by atoms with Gasteiger partial charge < -0.3 is 0 Å². The van der Waals surface area contributed by atoms with Gasteiger partial charge in [-0.3, -0.25) is 14.9 Å². The fourth-order valence-corrected chi connectivity index (χ4v) is 4.52. The third-order valence-electron chi connectivity index (χ3n) is 6.83. The van der Waals surface area contributed by atoms with Crippen LogP contribution >= 0.6 is 0 Å². The number of nitrogens with zero attached hydrogens (tertiary/aromatic N) is 3. The molecule has 0 unspecified atom stereocenters. The second-order valence-corrected chi connectivity index (χ2v) is 11.9. The number of rotatable bonds is 5. The van der Waals surface area contributed by atoms with Crippen molar-refractivity contribution >= 4 is 17.3 Å². The van der Waals surface area contributed by atoms with Crippen LogP contribution in [0.15, 0.2) is 103 Å². The van der Waals surface area contributed by atoms with Crippen LogP contribution in [0.2, 0.25) is 0 Å². The molecule has 0 saturated heterocycles. The molecule has 0 fully saturated rings. The minimum Gasteiger partial charge on any atom is -0.280 e. The zero-order valence-electron chi connectivity index (χ0n) is 24.0. The van der Waals surface area contributed by atoms with Crippen LogP contribution in [0.25, 0.3) is 22.5 Å². The van der Waals surface area contributed by atoms with Gasteiger partial charge in [0.1, 0.15) is 11.6 Å². The molecule has 0 aliphatic rings. The Balaban J connectivity index is 0.00000370. The van der Waals surface area contributed by atoms with E-state index in [2.05, 4.69) is 107 Å². The molecule has 0 aliphatic carbocycles. The van der Waals surface area contributed by atoms with Crippen molar-refractivity contribution in [3.05, 3.63) is 126 Å². The maximum Gasteiger partial charge on any atom is 2.00 e. The molecule has 4 heteroatoms. The molecular weight excluding hydrogens is 669 g/mol. The molecule has 0 N–H and O–H groups in total. The van der Waals surface area contributed by atoms with Crippen molar-refractivity contribution in [2.45, 2.75) is 52.4 Å². The zero-order valence-corrected chi connectivity index (χ0v) is 26.2. The summed E-state index contributed by atoms with van der Waals surface area (Å²) in [6, 6.07) is 41.9. The molecule has 3 aromatic carbocycles. The Labute approximate surface area is 253 Å². The van der Waals surface area contributed by atoms with E-state index in [4.69, 9.17) is 9.97 Å². The number of benzene rings is 3. The Bertz CT molecular complexity index is 1480. The quantitative estimate of drug-likeness (QED) is 0.171. The van der Waals surface area contributed by atoms with E-state index in [1.54, 1.807) is 0 Å². The first-order valence-electron chi connectivity index (χ1n) is 13.4. The standard InChI is InChI=1S/C36H35N3.Pt/c1-35(2,3)28-16-10-14-26(24-28)31-20-12-22-33(37-31)39(30-18-8-7-9-19-30)34-23-13-21-32(38-34)27-15-11-17-29(25-27)36(4,5)6;/h7-13,16-25H,1-6H3;/q-2;+2. The zero-order chi connectivity index (χ0) is 27.6. The van der Waals surface area contributed by atoms with Gasteiger partial charge in [0.15, 0.2) is 0 Å². The first-order valence-corrected chi connectivity index (χ1v) is 13.4. The summed E-state index contributed by atoms with van der Waals surface area (Å²) in [6.45, 7) is 13.3. The van der Waals surface area contributed by atoms with Crippen molar-refractivity contribution in [3.63, 3.8) is 0 Å². The summed E-state index contributed by atoms with van der Waals surface area (Å²) in [4.78, 5) is 12.3. The smallest absolute Gasteiger partial charge is 0.280 e. The van der Waals surface area contributed by atoms with Crippen LogP contribution in [0.1, 0.15) is 52.7 Å². The molecule has 0 saturated carbocycles. The number of aromatic nitrogens is 2. The van der Waals surface area contributed by atoms with Crippen LogP contribution in [0, 0.1) is 12.1 Å². The molecule has 0 amide bonds. The first-order chi connectivity index (χ1) is 18.6. The Morgan fingerprint density at radius 2 is 1.00 bits per heavy atom. The number of anilines is 3. The van der Waals surface area contributed by atoms with Crippen molar-refractivity contribution in [3.8, 4) is 22.5 Å². The van der Waals surface area contributed by atoms with Gasteiger partial charge >= 0.3 is 21.1 Å². The normalized spacial score (nSPS) is 11.6. The van der Waals surface area contributed by atoms with E-state index in [1.165, 1.54) is 11.1 Å². The summed E-state index contributed by atoms with van der Waals surface area (Å²) < 4.78 is 0. The predicted octanol–water partition coefficient (Wildman–Crippen LogP) is 9.47. The largest absolute Gasteiger partial charge is 2.00 e. The molecule has 204 valence electrons. The molecular formula is C36H35N3Pt. The predicted molar refractivity (Wildman–Crippen MR) is 163 cm³/mol. The monoisotopic (exact) mass is 704 g/mol. The van der Waals surface area contributed by atoms with Gasteiger partial charge in [0, 0.05) is 5.69 Å². The summed E-state index contributed by atoms with van der Waals surface area (Å²) in [6.07, 6.45) is 0. The van der Waals surface area contributed by atoms with Gasteiger partial charge in [-0.1, -0.05) is 84.0 Å². The van der Waals surface area contributed by atoms with Crippen LogP contribution < -0.4 is 4.90 Å². The second-order valence-electron chi connectivity index (χ2n) is 11.9. The molecule has 0 aliphatic heterocycles. The number of hydrogen-bond donors (Lipinski definition) is 0. The maximum absolute atomic E-state index is 5.11. The van der Waals surface area contributed by atoms with Gasteiger partial charge in [0.25, 0.3) is 0 Å². The van der Waals surface area contributed by atoms with Gasteiger partial charge in [-0.25, -0.2) is 0 Å². The number of para-hydroxylation sites is 1. The fourth-order valence-electron chi connectivity index (χ4n) is 4.52. The first kappa shape index (κ1) is 29.4. The maximum atomic E-state index is 5.11. The average Bonchev–Trinajstić information content (AvgIpc) is 2.93. The van der Waals surface area contributed by atoms with E-state index in [0.717, 1.165) is 39.8 Å². The number of hydrogen-bond acceptors (Lipinski definition) is 3. The summed E-state index contributed by atoms with van der Waals surface area (Å²) >= 11 is 0. The average molecular weight is 705 g/mol. The molecule has 0 bridgehead atoms. The van der Waals surface area contributed by atoms with Gasteiger partial charge in [0.2, 0.25) is 0 Å². The molecule has 3 nitrogen and oxygen atoms in total. The van der Waals surface area contributed by atoms with Gasteiger partial charge in [-0.05, 0) is 46.5 Å². The van der Waals surface area contributed by atoms with Crippen LogP contribution in [0.3, 0.4) is 0 Å². The SMILES string of the molecule is CC(C)(C)c1cc[c-]c(-c2cccc(N(c3ccccc3)c3cccc(-c4[c-]ccc(C(C)(C)C)c4)n3)n2)c1.[Pt+2]. The van der Waals surface area contributed by atoms with E-state index in [0.29, 0.717) is 0 Å². The van der Waals surface area contributed by atoms with E-state index in [-0.39, 0.29) is 31.9 Å². The minimum atomic E-state index is 0. The Hall–Kier alpha value is -3.55. The summed E-state index contributed by atoms with van der Waals surface area (Å²) in [5.41, 5.74) is 7.31. The van der Waals surface area contributed by atoms with E-state index < -0.39 is 0 Å². The van der Waals surface area contributed by atoms with Crippen LogP contribution in [-0.4, -0.2) is 9.97 Å². The van der Waals surface area contributed by atoms with Crippen LogP contribution in [0.5, 0.6) is 0 Å². The van der Waals surface area contributed by atoms with Crippen molar-refractivity contribution < 1.29 is 21.1 Å². The summed E-state index contributed by atoms with van der Waals surface area (Å²) in [5.74, 6) is 1.59. The van der Waals surface area contributed by atoms with Crippen LogP contribution in [-0.2, 0) is 31.9 Å². The molecule has 2 heterocycles. The molecule has 5 rings (SSSR count). The topological polar surface area (TPSA) is 29.0 Å². The van der Waals surface area contributed by atoms with Crippen molar-refractivity contribution in [1.29, 1.82) is 0 Å². The molecule has 0 radical (unpaired) electrons.